The standard InChI is InChI=1S/C11H13NO4/c13-11(14)8-1-4-12-10(7-8)16-9-2-5-15-6-3-9/h1,4,7,9H,2-3,5-6H2,(H,13,14). The first-order valence-corrected chi connectivity index (χ1v) is 5.19. The summed E-state index contributed by atoms with van der Waals surface area (Å²) in [7, 11) is 0. The van der Waals surface area contributed by atoms with Gasteiger partial charge >= 0.3 is 5.97 Å². The summed E-state index contributed by atoms with van der Waals surface area (Å²) < 4.78 is 10.8. The summed E-state index contributed by atoms with van der Waals surface area (Å²) in [5.74, 6) is -0.606. The molecular formula is C11H13NO4. The molecule has 0 bridgehead atoms. The van der Waals surface area contributed by atoms with E-state index < -0.39 is 5.97 Å². The summed E-state index contributed by atoms with van der Waals surface area (Å²) in [5, 5.41) is 8.81. The number of ether oxygens (including phenoxy) is 2. The molecule has 0 aromatic carbocycles. The topological polar surface area (TPSA) is 68.7 Å². The smallest absolute Gasteiger partial charge is 0.335 e. The minimum atomic E-state index is -0.973. The van der Waals surface area contributed by atoms with E-state index in [1.807, 2.05) is 0 Å². The first-order chi connectivity index (χ1) is 7.75. The maximum Gasteiger partial charge on any atom is 0.335 e. The van der Waals surface area contributed by atoms with Crippen molar-refractivity contribution in [2.45, 2.75) is 18.9 Å². The largest absolute Gasteiger partial charge is 0.478 e. The summed E-state index contributed by atoms with van der Waals surface area (Å²) in [6, 6.07) is 2.89. The van der Waals surface area contributed by atoms with E-state index in [1.165, 1.54) is 18.3 Å². The summed E-state index contributed by atoms with van der Waals surface area (Å²) in [5.41, 5.74) is 0.192. The van der Waals surface area contributed by atoms with Crippen LogP contribution in [0.5, 0.6) is 5.88 Å². The van der Waals surface area contributed by atoms with Crippen LogP contribution in [-0.2, 0) is 4.74 Å². The van der Waals surface area contributed by atoms with Crippen LogP contribution < -0.4 is 4.74 Å². The van der Waals surface area contributed by atoms with Gasteiger partial charge in [-0.3, -0.25) is 0 Å². The number of carbonyl (C=O) groups is 1. The number of carboxylic acid groups (broad SMARTS) is 1. The predicted molar refractivity (Wildman–Crippen MR) is 55.7 cm³/mol. The molecule has 0 saturated carbocycles. The average molecular weight is 223 g/mol. The Morgan fingerprint density at radius 3 is 2.94 bits per heavy atom. The molecule has 0 atom stereocenters. The Balaban J connectivity index is 2.02. The summed E-state index contributed by atoms with van der Waals surface area (Å²) in [6.45, 7) is 1.37. The van der Waals surface area contributed by atoms with E-state index in [-0.39, 0.29) is 11.7 Å². The molecule has 1 N–H and O–H groups in total. The summed E-state index contributed by atoms with van der Waals surface area (Å²) in [6.07, 6.45) is 3.15. The molecule has 1 fully saturated rings. The van der Waals surface area contributed by atoms with Gasteiger partial charge in [-0.1, -0.05) is 0 Å². The molecule has 1 saturated heterocycles. The highest BCUT2D eigenvalue weighted by molar-refractivity contribution is 5.87. The molecule has 86 valence electrons. The molecule has 1 aliphatic heterocycles. The van der Waals surface area contributed by atoms with Crippen molar-refractivity contribution in [3.63, 3.8) is 0 Å². The van der Waals surface area contributed by atoms with E-state index in [0.29, 0.717) is 19.1 Å². The molecule has 0 amide bonds. The Kier molecular flexibility index (Phi) is 3.36. The molecule has 1 aromatic heterocycles. The first kappa shape index (κ1) is 10.9. The number of nitrogens with zero attached hydrogens (tertiary/aromatic N) is 1. The molecule has 5 heteroatoms. The van der Waals surface area contributed by atoms with Gasteiger partial charge in [-0.2, -0.15) is 0 Å². The first-order valence-electron chi connectivity index (χ1n) is 5.19. The maximum atomic E-state index is 10.7. The normalized spacial score (nSPS) is 17.0. The van der Waals surface area contributed by atoms with E-state index in [4.69, 9.17) is 14.6 Å². The molecule has 0 aliphatic carbocycles. The molecule has 5 nitrogen and oxygen atoms in total. The third kappa shape index (κ3) is 2.70. The highest BCUT2D eigenvalue weighted by Crippen LogP contribution is 2.16. The van der Waals surface area contributed by atoms with E-state index in [2.05, 4.69) is 4.98 Å². The van der Waals surface area contributed by atoms with Gasteiger partial charge in [0.1, 0.15) is 6.10 Å². The number of hydrogen-bond donors (Lipinski definition) is 1. The maximum absolute atomic E-state index is 10.7. The van der Waals surface area contributed by atoms with Crippen LogP contribution in [-0.4, -0.2) is 35.4 Å². The molecule has 16 heavy (non-hydrogen) atoms. The van der Waals surface area contributed by atoms with Gasteiger partial charge in [-0.15, -0.1) is 0 Å². The summed E-state index contributed by atoms with van der Waals surface area (Å²) >= 11 is 0. The SMILES string of the molecule is O=C(O)c1ccnc(OC2CCOCC2)c1. The monoisotopic (exact) mass is 223 g/mol. The molecule has 1 aromatic rings. The van der Waals surface area contributed by atoms with Gasteiger partial charge in [0.05, 0.1) is 18.8 Å². The number of aromatic nitrogens is 1. The summed E-state index contributed by atoms with van der Waals surface area (Å²) in [4.78, 5) is 14.7. The van der Waals surface area contributed by atoms with Gasteiger partial charge in [0.25, 0.3) is 0 Å². The lowest BCUT2D eigenvalue weighted by Gasteiger charge is -2.22. The van der Waals surface area contributed by atoms with Gasteiger partial charge in [-0.25, -0.2) is 9.78 Å². The Hall–Kier alpha value is -1.62. The second-order valence-electron chi connectivity index (χ2n) is 3.62. The highest BCUT2D eigenvalue weighted by Gasteiger charge is 2.16. The van der Waals surface area contributed by atoms with Crippen molar-refractivity contribution in [3.05, 3.63) is 23.9 Å². The molecule has 2 rings (SSSR count). The van der Waals surface area contributed by atoms with Crippen molar-refractivity contribution in [1.29, 1.82) is 0 Å². The van der Waals surface area contributed by atoms with Crippen LogP contribution in [0.1, 0.15) is 23.2 Å². The van der Waals surface area contributed by atoms with Crippen LogP contribution in [0.2, 0.25) is 0 Å². The Bertz CT molecular complexity index is 374. The Morgan fingerprint density at radius 2 is 2.25 bits per heavy atom. The van der Waals surface area contributed by atoms with Gasteiger partial charge in [0.2, 0.25) is 5.88 Å². The lowest BCUT2D eigenvalue weighted by atomic mass is 10.1. The number of hydrogen-bond acceptors (Lipinski definition) is 4. The lowest BCUT2D eigenvalue weighted by Crippen LogP contribution is -2.26. The van der Waals surface area contributed by atoms with E-state index in [0.717, 1.165) is 12.8 Å². The second-order valence-corrected chi connectivity index (χ2v) is 3.62. The lowest BCUT2D eigenvalue weighted by molar-refractivity contribution is 0.0236. The van der Waals surface area contributed by atoms with Crippen molar-refractivity contribution >= 4 is 5.97 Å². The van der Waals surface area contributed by atoms with Crippen molar-refractivity contribution in [2.75, 3.05) is 13.2 Å². The number of carboxylic acids is 1. The molecule has 1 aliphatic rings. The van der Waals surface area contributed by atoms with Crippen LogP contribution in [0, 0.1) is 0 Å². The fourth-order valence-electron chi connectivity index (χ4n) is 1.57. The van der Waals surface area contributed by atoms with Crippen molar-refractivity contribution in [1.82, 2.24) is 4.98 Å². The number of rotatable bonds is 3. The molecule has 0 unspecified atom stereocenters. The number of aromatic carboxylic acids is 1. The van der Waals surface area contributed by atoms with Crippen LogP contribution in [0.15, 0.2) is 18.3 Å². The third-order valence-corrected chi connectivity index (χ3v) is 2.44. The predicted octanol–water partition coefficient (Wildman–Crippen LogP) is 1.34. The molecular weight excluding hydrogens is 210 g/mol. The Labute approximate surface area is 93.0 Å². The van der Waals surface area contributed by atoms with Gasteiger partial charge < -0.3 is 14.6 Å². The average Bonchev–Trinajstić information content (AvgIpc) is 2.30. The molecule has 0 spiro atoms. The van der Waals surface area contributed by atoms with E-state index >= 15 is 0 Å². The minimum Gasteiger partial charge on any atom is -0.478 e. The zero-order chi connectivity index (χ0) is 11.4. The zero-order valence-corrected chi connectivity index (χ0v) is 8.76. The third-order valence-electron chi connectivity index (χ3n) is 2.44. The Morgan fingerprint density at radius 1 is 1.50 bits per heavy atom. The van der Waals surface area contributed by atoms with Crippen LogP contribution >= 0.6 is 0 Å². The van der Waals surface area contributed by atoms with Crippen molar-refractivity contribution in [3.8, 4) is 5.88 Å². The van der Waals surface area contributed by atoms with Gasteiger partial charge in [0, 0.05) is 25.1 Å². The van der Waals surface area contributed by atoms with Crippen LogP contribution in [0.25, 0.3) is 0 Å². The van der Waals surface area contributed by atoms with Crippen LogP contribution in [0.3, 0.4) is 0 Å². The fourth-order valence-corrected chi connectivity index (χ4v) is 1.57. The van der Waals surface area contributed by atoms with Crippen molar-refractivity contribution in [2.24, 2.45) is 0 Å². The van der Waals surface area contributed by atoms with Gasteiger partial charge in [-0.05, 0) is 6.07 Å². The van der Waals surface area contributed by atoms with Crippen molar-refractivity contribution < 1.29 is 19.4 Å². The molecule has 0 radical (unpaired) electrons. The zero-order valence-electron chi connectivity index (χ0n) is 8.76. The van der Waals surface area contributed by atoms with E-state index in [9.17, 15) is 4.79 Å². The highest BCUT2D eigenvalue weighted by atomic mass is 16.5. The quantitative estimate of drug-likeness (QED) is 0.837. The second kappa shape index (κ2) is 4.94. The van der Waals surface area contributed by atoms with Crippen LogP contribution in [0.4, 0.5) is 0 Å². The van der Waals surface area contributed by atoms with E-state index in [1.54, 1.807) is 0 Å². The van der Waals surface area contributed by atoms with Gasteiger partial charge in [0.15, 0.2) is 0 Å². The number of pyridine rings is 1. The fraction of sp³-hybridized carbons (Fsp3) is 0.455. The minimum absolute atomic E-state index is 0.0743. The molecule has 2 heterocycles.